The van der Waals surface area contributed by atoms with E-state index in [2.05, 4.69) is 5.32 Å². The first kappa shape index (κ1) is 17.1. The highest BCUT2D eigenvalue weighted by Crippen LogP contribution is 2.33. The van der Waals surface area contributed by atoms with E-state index in [-0.39, 0.29) is 18.2 Å². The summed E-state index contributed by atoms with van der Waals surface area (Å²) >= 11 is 0. The van der Waals surface area contributed by atoms with E-state index < -0.39 is 17.7 Å². The molecule has 1 heterocycles. The van der Waals surface area contributed by atoms with Gasteiger partial charge in [-0.15, -0.1) is 0 Å². The van der Waals surface area contributed by atoms with Crippen LogP contribution < -0.4 is 10.1 Å². The Kier molecular flexibility index (Phi) is 4.79. The normalized spacial score (nSPS) is 16.9. The van der Waals surface area contributed by atoms with Crippen LogP contribution >= 0.6 is 0 Å². The van der Waals surface area contributed by atoms with Gasteiger partial charge >= 0.3 is 6.18 Å². The van der Waals surface area contributed by atoms with Crippen molar-refractivity contribution in [3.8, 4) is 5.75 Å². The average molecular weight is 347 g/mol. The van der Waals surface area contributed by atoms with Crippen LogP contribution in [-0.4, -0.2) is 24.7 Å². The van der Waals surface area contributed by atoms with Gasteiger partial charge in [-0.05, 0) is 17.2 Å². The number of carbonyl (C=O) groups is 1. The third-order valence-electron chi connectivity index (χ3n) is 3.88. The van der Waals surface area contributed by atoms with Gasteiger partial charge in [0.15, 0.2) is 0 Å². The van der Waals surface area contributed by atoms with Crippen LogP contribution in [-0.2, 0) is 11.2 Å². The number of hydrogen-bond acceptors (Lipinski definition) is 2. The molecule has 0 bridgehead atoms. The molecule has 0 saturated heterocycles. The molecule has 130 valence electrons. The van der Waals surface area contributed by atoms with Gasteiger partial charge in [0.2, 0.25) is 5.91 Å². The van der Waals surface area contributed by atoms with Gasteiger partial charge in [-0.3, -0.25) is 4.79 Å². The van der Waals surface area contributed by atoms with Crippen molar-refractivity contribution in [3.63, 3.8) is 0 Å². The summed E-state index contributed by atoms with van der Waals surface area (Å²) in [5.41, 5.74) is 0.00783. The molecular formula is C19H16F3NO2. The minimum absolute atomic E-state index is 0.0466. The fourth-order valence-corrected chi connectivity index (χ4v) is 2.71. The summed E-state index contributed by atoms with van der Waals surface area (Å²) in [6.07, 6.45) is -3.68. The maximum atomic E-state index is 13.2. The second-order valence-corrected chi connectivity index (χ2v) is 5.72. The lowest BCUT2D eigenvalue weighted by Gasteiger charge is -2.13. The van der Waals surface area contributed by atoms with E-state index in [1.54, 1.807) is 6.07 Å². The number of hydrogen-bond donors (Lipinski definition) is 1. The lowest BCUT2D eigenvalue weighted by Crippen LogP contribution is -2.34. The number of benzene rings is 2. The van der Waals surface area contributed by atoms with Crippen LogP contribution in [0.15, 0.2) is 60.7 Å². The molecule has 0 aliphatic carbocycles. The molecule has 0 spiro atoms. The molecule has 1 unspecified atom stereocenters. The second-order valence-electron chi connectivity index (χ2n) is 5.72. The molecule has 3 nitrogen and oxygen atoms in total. The van der Waals surface area contributed by atoms with Crippen molar-refractivity contribution in [2.45, 2.75) is 18.7 Å². The number of fused-ring (bicyclic) bond motifs is 1. The molecule has 1 aliphatic heterocycles. The Morgan fingerprint density at radius 2 is 1.80 bits per heavy atom. The van der Waals surface area contributed by atoms with Crippen LogP contribution in [0.5, 0.6) is 5.75 Å². The first-order valence-corrected chi connectivity index (χ1v) is 7.80. The summed E-state index contributed by atoms with van der Waals surface area (Å²) in [5.74, 6) is -0.0479. The molecule has 25 heavy (non-hydrogen) atoms. The molecule has 1 atom stereocenters. The lowest BCUT2D eigenvalue weighted by molar-refractivity contribution is -0.117. The lowest BCUT2D eigenvalue weighted by atomic mass is 10.1. The first-order valence-electron chi connectivity index (χ1n) is 7.80. The molecule has 0 fully saturated rings. The van der Waals surface area contributed by atoms with Crippen molar-refractivity contribution in [1.29, 1.82) is 0 Å². The second kappa shape index (κ2) is 7.01. The van der Waals surface area contributed by atoms with Crippen LogP contribution in [0.2, 0.25) is 0 Å². The summed E-state index contributed by atoms with van der Waals surface area (Å²) in [4.78, 5) is 12.0. The Morgan fingerprint density at radius 3 is 2.48 bits per heavy atom. The van der Waals surface area contributed by atoms with Crippen molar-refractivity contribution in [3.05, 3.63) is 71.8 Å². The van der Waals surface area contributed by atoms with Gasteiger partial charge in [0.25, 0.3) is 0 Å². The quantitative estimate of drug-likeness (QED) is 0.856. The van der Waals surface area contributed by atoms with E-state index in [1.807, 2.05) is 24.3 Å². The Labute approximate surface area is 143 Å². The Bertz CT molecular complexity index is 760. The van der Waals surface area contributed by atoms with Crippen LogP contribution in [0.25, 0.3) is 5.57 Å². The molecule has 1 N–H and O–H groups in total. The number of para-hydroxylation sites is 1. The van der Waals surface area contributed by atoms with E-state index in [0.717, 1.165) is 11.3 Å². The Balaban J connectivity index is 1.65. The number of allylic oxidation sites excluding steroid dienone is 1. The van der Waals surface area contributed by atoms with Gasteiger partial charge in [0.05, 0.1) is 12.1 Å². The van der Waals surface area contributed by atoms with Crippen LogP contribution in [0.4, 0.5) is 13.2 Å². The highest BCUT2D eigenvalue weighted by Gasteiger charge is 2.35. The highest BCUT2D eigenvalue weighted by molar-refractivity contribution is 5.96. The summed E-state index contributed by atoms with van der Waals surface area (Å²) in [7, 11) is 0. The monoisotopic (exact) mass is 347 g/mol. The van der Waals surface area contributed by atoms with Gasteiger partial charge in [0, 0.05) is 12.5 Å². The predicted octanol–water partition coefficient (Wildman–Crippen LogP) is 3.75. The number of halogens is 3. The van der Waals surface area contributed by atoms with Crippen molar-refractivity contribution >= 4 is 11.5 Å². The molecule has 0 radical (unpaired) electrons. The van der Waals surface area contributed by atoms with E-state index in [9.17, 15) is 18.0 Å². The predicted molar refractivity (Wildman–Crippen MR) is 88.0 cm³/mol. The fourth-order valence-electron chi connectivity index (χ4n) is 2.71. The third kappa shape index (κ3) is 4.21. The number of alkyl halides is 3. The first-order chi connectivity index (χ1) is 11.9. The number of rotatable bonds is 4. The van der Waals surface area contributed by atoms with Gasteiger partial charge in [-0.25, -0.2) is 0 Å². The summed E-state index contributed by atoms with van der Waals surface area (Å²) in [6.45, 7) is 0.143. The summed E-state index contributed by atoms with van der Waals surface area (Å²) in [6, 6.07) is 14.7. The molecule has 6 heteroatoms. The van der Waals surface area contributed by atoms with Gasteiger partial charge in [-0.2, -0.15) is 13.2 Å². The Hall–Kier alpha value is -2.76. The van der Waals surface area contributed by atoms with E-state index in [0.29, 0.717) is 12.5 Å². The van der Waals surface area contributed by atoms with E-state index in [1.165, 1.54) is 24.3 Å². The highest BCUT2D eigenvalue weighted by atomic mass is 19.4. The smallest absolute Gasteiger partial charge is 0.417 e. The molecule has 1 aliphatic rings. The fraction of sp³-hybridized carbons (Fsp3) is 0.211. The maximum Gasteiger partial charge on any atom is 0.417 e. The van der Waals surface area contributed by atoms with Crippen LogP contribution in [0, 0.1) is 0 Å². The summed E-state index contributed by atoms with van der Waals surface area (Å²) in [5, 5.41) is 2.49. The SMILES string of the molecule is O=C(/C=C(\c1ccccc1)C(F)(F)F)NCC1Cc2ccccc2O1. The molecular weight excluding hydrogens is 331 g/mol. The average Bonchev–Trinajstić information content (AvgIpc) is 3.00. The number of ether oxygens (including phenoxy) is 1. The van der Waals surface area contributed by atoms with Crippen LogP contribution in [0.1, 0.15) is 11.1 Å². The molecule has 0 aromatic heterocycles. The van der Waals surface area contributed by atoms with Gasteiger partial charge in [-0.1, -0.05) is 48.5 Å². The van der Waals surface area contributed by atoms with Gasteiger partial charge < -0.3 is 10.1 Å². The van der Waals surface area contributed by atoms with Crippen molar-refractivity contribution in [2.24, 2.45) is 0 Å². The third-order valence-corrected chi connectivity index (χ3v) is 3.88. The molecule has 2 aromatic rings. The standard InChI is InChI=1S/C19H16F3NO2/c20-19(21,22)16(13-6-2-1-3-7-13)11-18(24)23-12-15-10-14-8-4-5-9-17(14)25-15/h1-9,11,15H,10,12H2,(H,23,24)/b16-11+. The van der Waals surface area contributed by atoms with E-state index in [4.69, 9.17) is 4.74 Å². The molecule has 3 rings (SSSR count). The zero-order valence-electron chi connectivity index (χ0n) is 13.2. The molecule has 2 aromatic carbocycles. The number of carbonyl (C=O) groups excluding carboxylic acids is 1. The maximum absolute atomic E-state index is 13.2. The molecule has 1 amide bonds. The van der Waals surface area contributed by atoms with Gasteiger partial charge in [0.1, 0.15) is 11.9 Å². The minimum atomic E-state index is -4.61. The molecule has 0 saturated carbocycles. The van der Waals surface area contributed by atoms with Crippen molar-refractivity contribution in [2.75, 3.05) is 6.54 Å². The topological polar surface area (TPSA) is 38.3 Å². The van der Waals surface area contributed by atoms with E-state index >= 15 is 0 Å². The Morgan fingerprint density at radius 1 is 1.12 bits per heavy atom. The van der Waals surface area contributed by atoms with Crippen LogP contribution in [0.3, 0.4) is 0 Å². The minimum Gasteiger partial charge on any atom is -0.488 e. The number of amides is 1. The number of nitrogens with one attached hydrogen (secondary N) is 1. The summed E-state index contributed by atoms with van der Waals surface area (Å²) < 4.78 is 45.3. The van der Waals surface area contributed by atoms with Crippen molar-refractivity contribution in [1.82, 2.24) is 5.32 Å². The zero-order chi connectivity index (χ0) is 17.9. The van der Waals surface area contributed by atoms with Crippen molar-refractivity contribution < 1.29 is 22.7 Å². The largest absolute Gasteiger partial charge is 0.488 e. The zero-order valence-corrected chi connectivity index (χ0v) is 13.2.